The van der Waals surface area contributed by atoms with E-state index in [1.807, 2.05) is 0 Å². The maximum absolute atomic E-state index is 5.59. The van der Waals surface area contributed by atoms with Crippen molar-refractivity contribution in [3.8, 4) is 23.0 Å². The SMILES string of the molecule is COc1ccc(OC)c(-c2nc(Cl)no2)c1. The first-order chi connectivity index (χ1) is 7.74. The summed E-state index contributed by atoms with van der Waals surface area (Å²) < 4.78 is 15.3. The molecule has 0 saturated carbocycles. The van der Waals surface area contributed by atoms with Crippen LogP contribution in [0.25, 0.3) is 11.5 Å². The lowest BCUT2D eigenvalue weighted by molar-refractivity contribution is 0.397. The lowest BCUT2D eigenvalue weighted by Gasteiger charge is -2.06. The fraction of sp³-hybridized carbons (Fsp3) is 0.200. The summed E-state index contributed by atoms with van der Waals surface area (Å²) in [6, 6.07) is 5.27. The van der Waals surface area contributed by atoms with Gasteiger partial charge in [-0.05, 0) is 35.0 Å². The first kappa shape index (κ1) is 10.8. The Balaban J connectivity index is 2.52. The van der Waals surface area contributed by atoms with Crippen molar-refractivity contribution in [3.05, 3.63) is 23.5 Å². The quantitative estimate of drug-likeness (QED) is 0.825. The van der Waals surface area contributed by atoms with Crippen LogP contribution in [0.1, 0.15) is 0 Å². The normalized spacial score (nSPS) is 10.2. The minimum atomic E-state index is 0.0554. The molecule has 5 nitrogen and oxygen atoms in total. The number of nitrogens with zero attached hydrogens (tertiary/aromatic N) is 2. The van der Waals surface area contributed by atoms with Crippen LogP contribution in [0.2, 0.25) is 5.28 Å². The summed E-state index contributed by atoms with van der Waals surface area (Å²) in [5, 5.41) is 3.56. The highest BCUT2D eigenvalue weighted by Crippen LogP contribution is 2.32. The van der Waals surface area contributed by atoms with Crippen molar-refractivity contribution in [2.24, 2.45) is 0 Å². The summed E-state index contributed by atoms with van der Waals surface area (Å²) in [6.07, 6.45) is 0. The largest absolute Gasteiger partial charge is 0.497 e. The predicted molar refractivity (Wildman–Crippen MR) is 57.8 cm³/mol. The van der Waals surface area contributed by atoms with Crippen molar-refractivity contribution < 1.29 is 14.0 Å². The maximum Gasteiger partial charge on any atom is 0.264 e. The Morgan fingerprint density at radius 3 is 2.62 bits per heavy atom. The van der Waals surface area contributed by atoms with E-state index in [4.69, 9.17) is 25.6 Å². The molecule has 0 N–H and O–H groups in total. The van der Waals surface area contributed by atoms with Gasteiger partial charge in [0.05, 0.1) is 19.8 Å². The summed E-state index contributed by atoms with van der Waals surface area (Å²) >= 11 is 5.59. The molecule has 0 spiro atoms. The van der Waals surface area contributed by atoms with Gasteiger partial charge in [0, 0.05) is 0 Å². The summed E-state index contributed by atoms with van der Waals surface area (Å²) in [6.45, 7) is 0. The highest BCUT2D eigenvalue weighted by Gasteiger charge is 2.14. The number of hydrogen-bond acceptors (Lipinski definition) is 5. The van der Waals surface area contributed by atoms with Crippen molar-refractivity contribution in [2.75, 3.05) is 14.2 Å². The summed E-state index contributed by atoms with van der Waals surface area (Å²) in [5.74, 6) is 1.58. The van der Waals surface area contributed by atoms with Gasteiger partial charge in [0.2, 0.25) is 0 Å². The Labute approximate surface area is 96.9 Å². The molecule has 1 aromatic carbocycles. The molecule has 0 amide bonds. The molecule has 1 heterocycles. The second-order valence-electron chi connectivity index (χ2n) is 2.93. The molecule has 0 saturated heterocycles. The minimum Gasteiger partial charge on any atom is -0.497 e. The van der Waals surface area contributed by atoms with Crippen LogP contribution in [0.3, 0.4) is 0 Å². The zero-order valence-electron chi connectivity index (χ0n) is 8.73. The van der Waals surface area contributed by atoms with Gasteiger partial charge in [-0.1, -0.05) is 0 Å². The van der Waals surface area contributed by atoms with E-state index < -0.39 is 0 Å². The molecule has 0 aliphatic carbocycles. The van der Waals surface area contributed by atoms with E-state index in [1.54, 1.807) is 32.4 Å². The molecule has 16 heavy (non-hydrogen) atoms. The third-order valence-electron chi connectivity index (χ3n) is 2.04. The molecule has 0 aliphatic heterocycles. The average Bonchev–Trinajstić information content (AvgIpc) is 2.75. The lowest BCUT2D eigenvalue weighted by Crippen LogP contribution is -1.90. The van der Waals surface area contributed by atoms with Gasteiger partial charge in [0.15, 0.2) is 0 Å². The first-order valence-corrected chi connectivity index (χ1v) is 4.84. The second kappa shape index (κ2) is 4.40. The monoisotopic (exact) mass is 240 g/mol. The van der Waals surface area contributed by atoms with Crippen LogP contribution in [0, 0.1) is 0 Å². The molecule has 0 radical (unpaired) electrons. The van der Waals surface area contributed by atoms with E-state index in [1.165, 1.54) is 0 Å². The molecular weight excluding hydrogens is 232 g/mol. The smallest absolute Gasteiger partial charge is 0.264 e. The fourth-order valence-corrected chi connectivity index (χ4v) is 1.41. The summed E-state index contributed by atoms with van der Waals surface area (Å²) in [7, 11) is 3.13. The maximum atomic E-state index is 5.59. The summed E-state index contributed by atoms with van der Waals surface area (Å²) in [5.41, 5.74) is 0.640. The van der Waals surface area contributed by atoms with Gasteiger partial charge in [-0.3, -0.25) is 0 Å². The molecule has 1 aromatic heterocycles. The third kappa shape index (κ3) is 1.94. The van der Waals surface area contributed by atoms with E-state index >= 15 is 0 Å². The standard InChI is InChI=1S/C10H9ClN2O3/c1-14-6-3-4-8(15-2)7(5-6)9-12-10(11)13-16-9/h3-5H,1-2H3. The van der Waals surface area contributed by atoms with Crippen molar-refractivity contribution in [1.82, 2.24) is 10.1 Å². The number of methoxy groups -OCH3 is 2. The predicted octanol–water partition coefficient (Wildman–Crippen LogP) is 2.41. The van der Waals surface area contributed by atoms with E-state index in [0.717, 1.165) is 0 Å². The Bertz CT molecular complexity index is 499. The van der Waals surface area contributed by atoms with Crippen LogP contribution in [0.15, 0.2) is 22.7 Å². The Morgan fingerprint density at radius 1 is 1.25 bits per heavy atom. The zero-order chi connectivity index (χ0) is 11.5. The van der Waals surface area contributed by atoms with Crippen molar-refractivity contribution >= 4 is 11.6 Å². The van der Waals surface area contributed by atoms with Crippen LogP contribution in [0.5, 0.6) is 11.5 Å². The van der Waals surface area contributed by atoms with E-state index in [-0.39, 0.29) is 5.28 Å². The molecule has 0 fully saturated rings. The average molecular weight is 241 g/mol. The van der Waals surface area contributed by atoms with Crippen molar-refractivity contribution in [1.29, 1.82) is 0 Å². The number of rotatable bonds is 3. The Hall–Kier alpha value is -1.75. The van der Waals surface area contributed by atoms with Gasteiger partial charge in [-0.2, -0.15) is 4.98 Å². The van der Waals surface area contributed by atoms with E-state index in [2.05, 4.69) is 10.1 Å². The first-order valence-electron chi connectivity index (χ1n) is 4.46. The molecule has 6 heteroatoms. The fourth-order valence-electron chi connectivity index (χ4n) is 1.30. The van der Waals surface area contributed by atoms with Crippen molar-refractivity contribution in [3.63, 3.8) is 0 Å². The third-order valence-corrected chi connectivity index (χ3v) is 2.19. The van der Waals surface area contributed by atoms with Crippen LogP contribution in [-0.2, 0) is 0 Å². The molecule has 2 aromatic rings. The van der Waals surface area contributed by atoms with Gasteiger partial charge >= 0.3 is 0 Å². The van der Waals surface area contributed by atoms with Crippen LogP contribution < -0.4 is 9.47 Å². The number of aromatic nitrogens is 2. The highest BCUT2D eigenvalue weighted by atomic mass is 35.5. The lowest BCUT2D eigenvalue weighted by atomic mass is 10.2. The van der Waals surface area contributed by atoms with Crippen molar-refractivity contribution in [2.45, 2.75) is 0 Å². The van der Waals surface area contributed by atoms with E-state index in [0.29, 0.717) is 23.0 Å². The van der Waals surface area contributed by atoms with Gasteiger partial charge in [0.1, 0.15) is 11.5 Å². The van der Waals surface area contributed by atoms with Crippen LogP contribution >= 0.6 is 11.6 Å². The number of ether oxygens (including phenoxy) is 2. The second-order valence-corrected chi connectivity index (χ2v) is 3.27. The van der Waals surface area contributed by atoms with Gasteiger partial charge in [-0.25, -0.2) is 0 Å². The molecule has 2 rings (SSSR count). The minimum absolute atomic E-state index is 0.0554. The highest BCUT2D eigenvalue weighted by molar-refractivity contribution is 6.28. The van der Waals surface area contributed by atoms with E-state index in [9.17, 15) is 0 Å². The topological polar surface area (TPSA) is 57.4 Å². The number of benzene rings is 1. The molecule has 0 aliphatic rings. The van der Waals surface area contributed by atoms with Gasteiger partial charge in [-0.15, -0.1) is 0 Å². The van der Waals surface area contributed by atoms with Crippen LogP contribution in [0.4, 0.5) is 0 Å². The van der Waals surface area contributed by atoms with Gasteiger partial charge in [0.25, 0.3) is 11.2 Å². The molecule has 84 valence electrons. The molecule has 0 bridgehead atoms. The Morgan fingerprint density at radius 2 is 2.06 bits per heavy atom. The van der Waals surface area contributed by atoms with Crippen LogP contribution in [-0.4, -0.2) is 24.4 Å². The van der Waals surface area contributed by atoms with Gasteiger partial charge < -0.3 is 14.0 Å². The molecular formula is C10H9ClN2O3. The zero-order valence-corrected chi connectivity index (χ0v) is 9.49. The molecule has 0 atom stereocenters. The molecule has 0 unspecified atom stereocenters. The Kier molecular flexibility index (Phi) is 2.96. The number of halogens is 1. The number of hydrogen-bond donors (Lipinski definition) is 0. The summed E-state index contributed by atoms with van der Waals surface area (Å²) in [4.78, 5) is 3.92.